The standard InChI is InChI=1S/C19H18N2O2.ClH/c22-17-15-8-4-5-9-16(15)18(23)19(17,14-6-2-1-3-7-14)21-12-10-20-11-13-21;/h1-9,20H,10-13H2;1H. The highest BCUT2D eigenvalue weighted by atomic mass is 35.5. The van der Waals surface area contributed by atoms with Gasteiger partial charge >= 0.3 is 0 Å². The first-order valence-corrected chi connectivity index (χ1v) is 7.96. The van der Waals surface area contributed by atoms with Crippen LogP contribution in [-0.4, -0.2) is 42.6 Å². The van der Waals surface area contributed by atoms with Gasteiger partial charge < -0.3 is 5.32 Å². The van der Waals surface area contributed by atoms with Gasteiger partial charge in [-0.3, -0.25) is 14.5 Å². The maximum atomic E-state index is 13.3. The molecule has 2 aromatic rings. The average Bonchev–Trinajstić information content (AvgIpc) is 2.86. The van der Waals surface area contributed by atoms with Gasteiger partial charge in [0.05, 0.1) is 0 Å². The number of Topliss-reactive ketones (excluding diaryl/α,β-unsaturated/α-hetero) is 2. The van der Waals surface area contributed by atoms with E-state index in [0.717, 1.165) is 18.7 Å². The van der Waals surface area contributed by atoms with Crippen molar-refractivity contribution in [2.45, 2.75) is 5.54 Å². The molecule has 1 saturated heterocycles. The third-order valence-corrected chi connectivity index (χ3v) is 4.86. The molecular formula is C19H19ClN2O2. The predicted octanol–water partition coefficient (Wildman–Crippen LogP) is 2.29. The molecule has 0 aromatic heterocycles. The Balaban J connectivity index is 0.00000169. The zero-order chi connectivity index (χ0) is 15.9. The molecule has 0 spiro atoms. The second-order valence-corrected chi connectivity index (χ2v) is 6.02. The van der Waals surface area contributed by atoms with E-state index in [1.165, 1.54) is 0 Å². The molecule has 1 aliphatic heterocycles. The molecule has 0 bridgehead atoms. The van der Waals surface area contributed by atoms with Gasteiger partial charge in [-0.15, -0.1) is 12.4 Å². The van der Waals surface area contributed by atoms with Gasteiger partial charge in [0, 0.05) is 37.3 Å². The van der Waals surface area contributed by atoms with Crippen molar-refractivity contribution in [3.63, 3.8) is 0 Å². The Morgan fingerprint density at radius 3 is 1.83 bits per heavy atom. The van der Waals surface area contributed by atoms with Crippen molar-refractivity contribution in [2.75, 3.05) is 26.2 Å². The molecule has 2 aliphatic rings. The van der Waals surface area contributed by atoms with Gasteiger partial charge in [-0.2, -0.15) is 0 Å². The second kappa shape index (κ2) is 6.48. The highest BCUT2D eigenvalue weighted by molar-refractivity contribution is 6.32. The molecule has 1 fully saturated rings. The number of rotatable bonds is 2. The number of ketones is 2. The van der Waals surface area contributed by atoms with Crippen LogP contribution in [0.2, 0.25) is 0 Å². The molecule has 0 unspecified atom stereocenters. The fourth-order valence-corrected chi connectivity index (χ4v) is 3.78. The van der Waals surface area contributed by atoms with Gasteiger partial charge in [-0.05, 0) is 5.56 Å². The number of hydrogen-bond acceptors (Lipinski definition) is 4. The molecule has 124 valence electrons. The van der Waals surface area contributed by atoms with Crippen molar-refractivity contribution in [3.05, 3.63) is 71.3 Å². The van der Waals surface area contributed by atoms with Crippen LogP contribution in [0.1, 0.15) is 26.3 Å². The number of halogens is 1. The van der Waals surface area contributed by atoms with Crippen LogP contribution in [0.25, 0.3) is 0 Å². The van der Waals surface area contributed by atoms with Crippen molar-refractivity contribution in [2.24, 2.45) is 0 Å². The minimum Gasteiger partial charge on any atom is -0.314 e. The summed E-state index contributed by atoms with van der Waals surface area (Å²) in [6, 6.07) is 16.7. The first-order chi connectivity index (χ1) is 11.3. The second-order valence-electron chi connectivity index (χ2n) is 6.02. The highest BCUT2D eigenvalue weighted by Crippen LogP contribution is 2.42. The summed E-state index contributed by atoms with van der Waals surface area (Å²) >= 11 is 0. The van der Waals surface area contributed by atoms with Gasteiger partial charge in [-0.25, -0.2) is 0 Å². The third kappa shape index (κ3) is 2.22. The van der Waals surface area contributed by atoms with E-state index in [0.29, 0.717) is 24.2 Å². The predicted molar refractivity (Wildman–Crippen MR) is 94.9 cm³/mol. The van der Waals surface area contributed by atoms with E-state index in [9.17, 15) is 9.59 Å². The molecule has 0 radical (unpaired) electrons. The van der Waals surface area contributed by atoms with Gasteiger partial charge in [0.1, 0.15) is 0 Å². The zero-order valence-corrected chi connectivity index (χ0v) is 14.0. The van der Waals surface area contributed by atoms with Crippen molar-refractivity contribution in [1.29, 1.82) is 0 Å². The van der Waals surface area contributed by atoms with Crippen molar-refractivity contribution in [3.8, 4) is 0 Å². The first-order valence-electron chi connectivity index (χ1n) is 7.96. The lowest BCUT2D eigenvalue weighted by Crippen LogP contribution is -2.59. The minimum atomic E-state index is -1.20. The van der Waals surface area contributed by atoms with E-state index < -0.39 is 5.54 Å². The van der Waals surface area contributed by atoms with Crippen LogP contribution in [-0.2, 0) is 5.54 Å². The fourth-order valence-electron chi connectivity index (χ4n) is 3.78. The Morgan fingerprint density at radius 1 is 0.792 bits per heavy atom. The molecule has 4 rings (SSSR count). The number of carbonyl (C=O) groups is 2. The van der Waals surface area contributed by atoms with Crippen LogP contribution in [0.3, 0.4) is 0 Å². The van der Waals surface area contributed by atoms with E-state index in [4.69, 9.17) is 0 Å². The maximum Gasteiger partial charge on any atom is 0.196 e. The molecule has 0 amide bonds. The van der Waals surface area contributed by atoms with Crippen molar-refractivity contribution in [1.82, 2.24) is 10.2 Å². The number of hydrogen-bond donors (Lipinski definition) is 1. The smallest absolute Gasteiger partial charge is 0.196 e. The largest absolute Gasteiger partial charge is 0.314 e. The van der Waals surface area contributed by atoms with Gasteiger partial charge in [0.2, 0.25) is 0 Å². The Hall–Kier alpha value is -2.01. The number of fused-ring (bicyclic) bond motifs is 1. The lowest BCUT2D eigenvalue weighted by atomic mass is 9.82. The summed E-state index contributed by atoms with van der Waals surface area (Å²) in [5.74, 6) is -0.183. The van der Waals surface area contributed by atoms with Crippen molar-refractivity contribution >= 4 is 24.0 Å². The zero-order valence-electron chi connectivity index (χ0n) is 13.2. The van der Waals surface area contributed by atoms with Crippen LogP contribution in [0, 0.1) is 0 Å². The SMILES string of the molecule is Cl.O=C1c2ccccc2C(=O)C1(c1ccccc1)N1CCNCC1. The van der Waals surface area contributed by atoms with E-state index in [1.54, 1.807) is 12.1 Å². The van der Waals surface area contributed by atoms with Gasteiger partial charge in [0.25, 0.3) is 0 Å². The quantitative estimate of drug-likeness (QED) is 0.851. The van der Waals surface area contributed by atoms with Crippen LogP contribution < -0.4 is 5.32 Å². The Labute approximate surface area is 147 Å². The molecule has 0 saturated carbocycles. The van der Waals surface area contributed by atoms with E-state index >= 15 is 0 Å². The summed E-state index contributed by atoms with van der Waals surface area (Å²) in [6.45, 7) is 2.93. The fraction of sp³-hybridized carbons (Fsp3) is 0.263. The number of benzene rings is 2. The van der Waals surface area contributed by atoms with E-state index in [2.05, 4.69) is 5.32 Å². The summed E-state index contributed by atoms with van der Waals surface area (Å²) in [7, 11) is 0. The lowest BCUT2D eigenvalue weighted by Gasteiger charge is -2.41. The molecule has 2 aromatic carbocycles. The molecule has 4 nitrogen and oxygen atoms in total. The lowest BCUT2D eigenvalue weighted by molar-refractivity contribution is 0.0443. The molecule has 5 heteroatoms. The normalized spacial score (nSPS) is 19.7. The van der Waals surface area contributed by atoms with E-state index in [1.807, 2.05) is 47.4 Å². The molecule has 24 heavy (non-hydrogen) atoms. The first kappa shape index (κ1) is 16.8. The van der Waals surface area contributed by atoms with Gasteiger partial charge in [-0.1, -0.05) is 54.6 Å². The number of piperazine rings is 1. The molecule has 1 aliphatic carbocycles. The van der Waals surface area contributed by atoms with Crippen LogP contribution in [0.15, 0.2) is 54.6 Å². The monoisotopic (exact) mass is 342 g/mol. The van der Waals surface area contributed by atoms with Crippen LogP contribution >= 0.6 is 12.4 Å². The van der Waals surface area contributed by atoms with Crippen LogP contribution in [0.5, 0.6) is 0 Å². The summed E-state index contributed by atoms with van der Waals surface area (Å²) in [5, 5.41) is 3.29. The van der Waals surface area contributed by atoms with Gasteiger partial charge in [0.15, 0.2) is 17.1 Å². The Morgan fingerprint density at radius 2 is 1.29 bits per heavy atom. The number of nitrogens with zero attached hydrogens (tertiary/aromatic N) is 1. The Bertz CT molecular complexity index is 735. The molecule has 1 N–H and O–H groups in total. The summed E-state index contributed by atoms with van der Waals surface area (Å²) in [4.78, 5) is 28.7. The van der Waals surface area contributed by atoms with Crippen LogP contribution in [0.4, 0.5) is 0 Å². The average molecular weight is 343 g/mol. The summed E-state index contributed by atoms with van der Waals surface area (Å²) < 4.78 is 0. The highest BCUT2D eigenvalue weighted by Gasteiger charge is 2.57. The van der Waals surface area contributed by atoms with E-state index in [-0.39, 0.29) is 24.0 Å². The molecule has 0 atom stereocenters. The maximum absolute atomic E-state index is 13.3. The van der Waals surface area contributed by atoms with Crippen molar-refractivity contribution < 1.29 is 9.59 Å². The topological polar surface area (TPSA) is 49.4 Å². The number of carbonyl (C=O) groups excluding carboxylic acids is 2. The number of nitrogens with one attached hydrogen (secondary N) is 1. The summed E-state index contributed by atoms with van der Waals surface area (Å²) in [6.07, 6.45) is 0. The Kier molecular flexibility index (Phi) is 4.54. The molecule has 1 heterocycles. The summed E-state index contributed by atoms with van der Waals surface area (Å²) in [5.41, 5.74) is 0.653. The minimum absolute atomic E-state index is 0. The molecular weight excluding hydrogens is 324 g/mol. The third-order valence-electron chi connectivity index (χ3n) is 4.86.